The second kappa shape index (κ2) is 5.96. The van der Waals surface area contributed by atoms with Crippen molar-refractivity contribution in [1.82, 2.24) is 14.9 Å². The summed E-state index contributed by atoms with van der Waals surface area (Å²) in [7, 11) is 1.99. The van der Waals surface area contributed by atoms with Crippen LogP contribution in [-0.4, -0.2) is 21.0 Å². The van der Waals surface area contributed by atoms with Gasteiger partial charge in [0.25, 0.3) is 0 Å². The molecule has 124 valence electrons. The summed E-state index contributed by atoms with van der Waals surface area (Å²) in [5.74, 6) is 0.803. The van der Waals surface area contributed by atoms with Crippen LogP contribution >= 0.6 is 0 Å². The molecule has 1 saturated carbocycles. The van der Waals surface area contributed by atoms with Crippen molar-refractivity contribution in [3.8, 4) is 0 Å². The predicted molar refractivity (Wildman–Crippen MR) is 91.8 cm³/mol. The molecule has 0 aliphatic heterocycles. The number of imidazole rings is 1. The van der Waals surface area contributed by atoms with Crippen molar-refractivity contribution in [2.45, 2.75) is 51.1 Å². The SMILES string of the molecule is CC(NC(=O)C1CCCCC1(C)N)c1nc2ccccc2n1C. The molecule has 1 aliphatic rings. The van der Waals surface area contributed by atoms with Crippen LogP contribution in [-0.2, 0) is 11.8 Å². The molecular formula is C18H26N4O. The van der Waals surface area contributed by atoms with Crippen LogP contribution in [0.15, 0.2) is 24.3 Å². The predicted octanol–water partition coefficient (Wildman–Crippen LogP) is 2.66. The highest BCUT2D eigenvalue weighted by atomic mass is 16.2. The number of carbonyl (C=O) groups is 1. The van der Waals surface area contributed by atoms with E-state index in [1.165, 1.54) is 0 Å². The molecule has 3 unspecified atom stereocenters. The minimum Gasteiger partial charge on any atom is -0.346 e. The van der Waals surface area contributed by atoms with Crippen LogP contribution < -0.4 is 11.1 Å². The highest BCUT2D eigenvalue weighted by Crippen LogP contribution is 2.32. The number of hydrogen-bond acceptors (Lipinski definition) is 3. The van der Waals surface area contributed by atoms with E-state index in [0.29, 0.717) is 0 Å². The molecule has 3 rings (SSSR count). The number of nitrogens with one attached hydrogen (secondary N) is 1. The molecule has 2 aromatic rings. The molecule has 0 radical (unpaired) electrons. The Bertz CT molecular complexity index is 719. The van der Waals surface area contributed by atoms with E-state index in [-0.39, 0.29) is 17.9 Å². The molecule has 0 bridgehead atoms. The maximum atomic E-state index is 12.7. The normalized spacial score (nSPS) is 26.2. The largest absolute Gasteiger partial charge is 0.346 e. The Labute approximate surface area is 137 Å². The van der Waals surface area contributed by atoms with Gasteiger partial charge in [-0.05, 0) is 38.8 Å². The standard InChI is InChI=1S/C18H26N4O/c1-12(16-21-14-9-4-5-10-15(14)22(16)3)20-17(23)13-8-6-7-11-18(13,2)19/h4-5,9-10,12-13H,6-8,11,19H2,1-3H3,(H,20,23). The fourth-order valence-electron chi connectivity index (χ4n) is 3.72. The van der Waals surface area contributed by atoms with E-state index in [2.05, 4.69) is 10.3 Å². The van der Waals surface area contributed by atoms with Gasteiger partial charge < -0.3 is 15.6 Å². The minimum atomic E-state index is -0.408. The van der Waals surface area contributed by atoms with E-state index >= 15 is 0 Å². The van der Waals surface area contributed by atoms with Crippen molar-refractivity contribution in [2.75, 3.05) is 0 Å². The third-order valence-corrected chi connectivity index (χ3v) is 5.14. The summed E-state index contributed by atoms with van der Waals surface area (Å²) in [6.45, 7) is 3.98. The summed E-state index contributed by atoms with van der Waals surface area (Å²) in [5.41, 5.74) is 7.96. The minimum absolute atomic E-state index is 0.0502. The molecule has 3 N–H and O–H groups in total. The molecule has 3 atom stereocenters. The number of para-hydroxylation sites is 2. The first-order valence-electron chi connectivity index (χ1n) is 8.41. The van der Waals surface area contributed by atoms with Gasteiger partial charge in [0, 0.05) is 12.6 Å². The fourth-order valence-corrected chi connectivity index (χ4v) is 3.72. The number of benzene rings is 1. The lowest BCUT2D eigenvalue weighted by atomic mass is 9.74. The van der Waals surface area contributed by atoms with Crippen LogP contribution in [0, 0.1) is 5.92 Å². The van der Waals surface area contributed by atoms with Gasteiger partial charge in [-0.15, -0.1) is 0 Å². The van der Waals surface area contributed by atoms with E-state index in [4.69, 9.17) is 5.73 Å². The van der Waals surface area contributed by atoms with E-state index < -0.39 is 5.54 Å². The van der Waals surface area contributed by atoms with E-state index in [0.717, 1.165) is 42.5 Å². The van der Waals surface area contributed by atoms with E-state index in [1.54, 1.807) is 0 Å². The van der Waals surface area contributed by atoms with Crippen LogP contribution in [0.3, 0.4) is 0 Å². The Morgan fingerprint density at radius 2 is 2.17 bits per heavy atom. The lowest BCUT2D eigenvalue weighted by Crippen LogP contribution is -2.53. The summed E-state index contributed by atoms with van der Waals surface area (Å²) in [4.78, 5) is 17.4. The number of rotatable bonds is 3. The van der Waals surface area contributed by atoms with Crippen molar-refractivity contribution < 1.29 is 4.79 Å². The maximum Gasteiger partial charge on any atom is 0.225 e. The first-order valence-corrected chi connectivity index (χ1v) is 8.41. The molecule has 5 nitrogen and oxygen atoms in total. The first-order chi connectivity index (χ1) is 10.9. The summed E-state index contributed by atoms with van der Waals surface area (Å²) >= 11 is 0. The second-order valence-electron chi connectivity index (χ2n) is 7.05. The topological polar surface area (TPSA) is 72.9 Å². The van der Waals surface area contributed by atoms with Gasteiger partial charge in [-0.3, -0.25) is 4.79 Å². The molecule has 1 aliphatic carbocycles. The van der Waals surface area contributed by atoms with Crippen LogP contribution in [0.25, 0.3) is 11.0 Å². The van der Waals surface area contributed by atoms with Crippen LogP contribution in [0.5, 0.6) is 0 Å². The first kappa shape index (κ1) is 16.0. The van der Waals surface area contributed by atoms with Crippen LogP contribution in [0.2, 0.25) is 0 Å². The molecule has 0 saturated heterocycles. The molecule has 1 amide bonds. The Kier molecular flexibility index (Phi) is 4.15. The van der Waals surface area contributed by atoms with E-state index in [1.807, 2.05) is 49.7 Å². The molecule has 1 aromatic carbocycles. The Morgan fingerprint density at radius 1 is 1.43 bits per heavy atom. The van der Waals surface area contributed by atoms with Gasteiger partial charge in [-0.25, -0.2) is 4.98 Å². The average molecular weight is 314 g/mol. The van der Waals surface area contributed by atoms with Gasteiger partial charge in [0.05, 0.1) is 23.0 Å². The number of aryl methyl sites for hydroxylation is 1. The second-order valence-corrected chi connectivity index (χ2v) is 7.05. The number of aromatic nitrogens is 2. The number of nitrogens with two attached hydrogens (primary N) is 1. The highest BCUT2D eigenvalue weighted by molar-refractivity contribution is 5.81. The smallest absolute Gasteiger partial charge is 0.225 e. The molecular weight excluding hydrogens is 288 g/mol. The Balaban J connectivity index is 1.79. The number of carbonyl (C=O) groups excluding carboxylic acids is 1. The molecule has 1 aromatic heterocycles. The molecule has 23 heavy (non-hydrogen) atoms. The molecule has 1 fully saturated rings. The zero-order valence-corrected chi connectivity index (χ0v) is 14.2. The van der Waals surface area contributed by atoms with Gasteiger partial charge in [0.1, 0.15) is 5.82 Å². The van der Waals surface area contributed by atoms with Crippen molar-refractivity contribution in [3.05, 3.63) is 30.1 Å². The van der Waals surface area contributed by atoms with Crippen LogP contribution in [0.1, 0.15) is 51.4 Å². The highest BCUT2D eigenvalue weighted by Gasteiger charge is 2.38. The zero-order valence-electron chi connectivity index (χ0n) is 14.2. The molecule has 5 heteroatoms. The summed E-state index contributed by atoms with van der Waals surface area (Å²) in [6, 6.07) is 7.87. The van der Waals surface area contributed by atoms with Gasteiger partial charge in [-0.2, -0.15) is 0 Å². The van der Waals surface area contributed by atoms with Crippen molar-refractivity contribution in [3.63, 3.8) is 0 Å². The summed E-state index contributed by atoms with van der Waals surface area (Å²) in [6.07, 6.45) is 3.96. The van der Waals surface area contributed by atoms with E-state index in [9.17, 15) is 4.79 Å². The third kappa shape index (κ3) is 2.98. The zero-order chi connectivity index (χ0) is 16.6. The number of hydrogen-bond donors (Lipinski definition) is 2. The lowest BCUT2D eigenvalue weighted by molar-refractivity contribution is -0.128. The van der Waals surface area contributed by atoms with Crippen molar-refractivity contribution >= 4 is 16.9 Å². The summed E-state index contributed by atoms with van der Waals surface area (Å²) < 4.78 is 2.04. The Hall–Kier alpha value is -1.88. The number of amides is 1. The monoisotopic (exact) mass is 314 g/mol. The molecule has 1 heterocycles. The van der Waals surface area contributed by atoms with Gasteiger partial charge in [0.15, 0.2) is 0 Å². The third-order valence-electron chi connectivity index (χ3n) is 5.14. The lowest BCUT2D eigenvalue weighted by Gasteiger charge is -2.37. The van der Waals surface area contributed by atoms with Crippen molar-refractivity contribution in [1.29, 1.82) is 0 Å². The Morgan fingerprint density at radius 3 is 2.87 bits per heavy atom. The van der Waals surface area contributed by atoms with Crippen molar-refractivity contribution in [2.24, 2.45) is 18.7 Å². The fraction of sp³-hybridized carbons (Fsp3) is 0.556. The maximum absolute atomic E-state index is 12.7. The number of fused-ring (bicyclic) bond motifs is 1. The average Bonchev–Trinajstić information content (AvgIpc) is 2.84. The van der Waals surface area contributed by atoms with Gasteiger partial charge in [-0.1, -0.05) is 25.0 Å². The van der Waals surface area contributed by atoms with Crippen LogP contribution in [0.4, 0.5) is 0 Å². The number of nitrogens with zero attached hydrogens (tertiary/aromatic N) is 2. The van der Waals surface area contributed by atoms with Gasteiger partial charge >= 0.3 is 0 Å². The van der Waals surface area contributed by atoms with Gasteiger partial charge in [0.2, 0.25) is 5.91 Å². The quantitative estimate of drug-likeness (QED) is 0.915. The summed E-state index contributed by atoms with van der Waals surface area (Å²) in [5, 5.41) is 3.12. The molecule has 0 spiro atoms.